The first-order valence-electron chi connectivity index (χ1n) is 10.2. The molecule has 6 nitrogen and oxygen atoms in total. The lowest BCUT2D eigenvalue weighted by Gasteiger charge is -2.15. The molecule has 0 atom stereocenters. The molecule has 0 bridgehead atoms. The molecule has 3 aromatic rings. The van der Waals surface area contributed by atoms with Crippen molar-refractivity contribution in [1.82, 2.24) is 4.98 Å². The van der Waals surface area contributed by atoms with E-state index in [4.69, 9.17) is 20.9 Å². The summed E-state index contributed by atoms with van der Waals surface area (Å²) in [5.74, 6) is 0.582. The zero-order valence-corrected chi connectivity index (χ0v) is 17.8. The van der Waals surface area contributed by atoms with E-state index in [-0.39, 0.29) is 5.41 Å². The zero-order valence-electron chi connectivity index (χ0n) is 17.8. The molecule has 0 aliphatic carbocycles. The van der Waals surface area contributed by atoms with Crippen LogP contribution in [-0.2, 0) is 0 Å². The van der Waals surface area contributed by atoms with Crippen LogP contribution in [0.15, 0.2) is 63.2 Å². The molecule has 0 unspecified atom stereocenters. The molecule has 6 heteroatoms. The molecule has 0 saturated carbocycles. The number of azo groups is 1. The molecule has 0 aliphatic heterocycles. The van der Waals surface area contributed by atoms with Crippen LogP contribution < -0.4 is 22.2 Å². The monoisotopic (exact) mass is 403 g/mol. The first-order valence-corrected chi connectivity index (χ1v) is 10.2. The summed E-state index contributed by atoms with van der Waals surface area (Å²) in [5.41, 5.74) is 15.3. The second-order valence-electron chi connectivity index (χ2n) is 7.87. The van der Waals surface area contributed by atoms with Gasteiger partial charge in [0.2, 0.25) is 5.89 Å². The van der Waals surface area contributed by atoms with Crippen molar-refractivity contribution in [3.63, 3.8) is 0 Å². The first kappa shape index (κ1) is 21.5. The number of nitrogen functional groups attached to an aromatic ring is 1. The second-order valence-corrected chi connectivity index (χ2v) is 7.87. The predicted molar refractivity (Wildman–Crippen MR) is 123 cm³/mol. The van der Waals surface area contributed by atoms with Crippen molar-refractivity contribution >= 4 is 29.2 Å². The molecule has 3 rings (SSSR count). The summed E-state index contributed by atoms with van der Waals surface area (Å²) in [4.78, 5) is 4.69. The molecule has 1 heterocycles. The highest BCUT2D eigenvalue weighted by Gasteiger charge is 2.13. The number of rotatable bonds is 7. The SMILES string of the molecule is CCC(C)(C)/C=c1/oc(-c2ccc(N=Nc3ccc(N)cc3)cc2)n/c1=C/CCN. The Morgan fingerprint density at radius 2 is 1.60 bits per heavy atom. The molecule has 0 amide bonds. The van der Waals surface area contributed by atoms with Gasteiger partial charge < -0.3 is 15.9 Å². The van der Waals surface area contributed by atoms with Crippen LogP contribution in [-0.4, -0.2) is 11.5 Å². The van der Waals surface area contributed by atoms with Gasteiger partial charge >= 0.3 is 0 Å². The number of aromatic nitrogens is 1. The molecular formula is C24H29N5O. The van der Waals surface area contributed by atoms with E-state index in [9.17, 15) is 0 Å². The molecule has 156 valence electrons. The maximum atomic E-state index is 6.11. The number of anilines is 1. The lowest BCUT2D eigenvalue weighted by atomic mass is 9.90. The van der Waals surface area contributed by atoms with E-state index < -0.39 is 0 Å². The van der Waals surface area contributed by atoms with E-state index in [1.165, 1.54) is 0 Å². The van der Waals surface area contributed by atoms with E-state index >= 15 is 0 Å². The summed E-state index contributed by atoms with van der Waals surface area (Å²) >= 11 is 0. The largest absolute Gasteiger partial charge is 0.436 e. The standard InChI is InChI=1S/C24H29N5O/c1-4-24(2,3)16-22-21(6-5-15-25)27-23(30-22)17-7-11-19(12-8-17)28-29-20-13-9-18(26)10-14-20/h6-14,16H,4-5,15,25-26H2,1-3H3/b21-6+,22-16+,29-28?. The molecule has 1 aromatic heterocycles. The lowest BCUT2D eigenvalue weighted by molar-refractivity contribution is 0.474. The average Bonchev–Trinajstić information content (AvgIpc) is 3.14. The van der Waals surface area contributed by atoms with Gasteiger partial charge in [0.1, 0.15) is 5.35 Å². The minimum absolute atomic E-state index is 0.0223. The number of nitrogens with zero attached hydrogens (tertiary/aromatic N) is 3. The Kier molecular flexibility index (Phi) is 6.79. The van der Waals surface area contributed by atoms with Crippen molar-refractivity contribution in [2.45, 2.75) is 33.6 Å². The summed E-state index contributed by atoms with van der Waals surface area (Å²) in [7, 11) is 0. The summed E-state index contributed by atoms with van der Waals surface area (Å²) in [6.45, 7) is 7.10. The molecule has 0 radical (unpaired) electrons. The first-order chi connectivity index (χ1) is 14.4. The third kappa shape index (κ3) is 5.64. The van der Waals surface area contributed by atoms with Crippen LogP contribution in [0.3, 0.4) is 0 Å². The smallest absolute Gasteiger partial charge is 0.227 e. The molecule has 0 spiro atoms. The minimum Gasteiger partial charge on any atom is -0.436 e. The molecular weight excluding hydrogens is 374 g/mol. The van der Waals surface area contributed by atoms with Crippen LogP contribution in [0.5, 0.6) is 0 Å². The summed E-state index contributed by atoms with van der Waals surface area (Å²) in [6, 6.07) is 14.9. The number of hydrogen-bond acceptors (Lipinski definition) is 6. The maximum Gasteiger partial charge on any atom is 0.227 e. The number of nitrogens with two attached hydrogens (primary N) is 2. The number of benzene rings is 2. The van der Waals surface area contributed by atoms with Crippen LogP contribution in [0.2, 0.25) is 0 Å². The molecule has 0 saturated heterocycles. The Morgan fingerprint density at radius 1 is 1.00 bits per heavy atom. The second kappa shape index (κ2) is 9.50. The fraction of sp³-hybridized carbons (Fsp3) is 0.292. The van der Waals surface area contributed by atoms with Gasteiger partial charge in [-0.3, -0.25) is 0 Å². The summed E-state index contributed by atoms with van der Waals surface area (Å²) in [5, 5.41) is 9.34. The van der Waals surface area contributed by atoms with E-state index in [0.29, 0.717) is 18.1 Å². The molecule has 2 aromatic carbocycles. The normalized spacial score (nSPS) is 13.5. The van der Waals surface area contributed by atoms with Crippen LogP contribution in [0.25, 0.3) is 23.6 Å². The molecule has 4 N–H and O–H groups in total. The quantitative estimate of drug-likeness (QED) is 0.441. The van der Waals surface area contributed by atoms with Crippen molar-refractivity contribution in [3.05, 3.63) is 59.3 Å². The fourth-order valence-corrected chi connectivity index (χ4v) is 2.72. The van der Waals surface area contributed by atoms with Crippen LogP contribution in [0.1, 0.15) is 33.6 Å². The van der Waals surface area contributed by atoms with Gasteiger partial charge in [0, 0.05) is 11.3 Å². The average molecular weight is 404 g/mol. The highest BCUT2D eigenvalue weighted by atomic mass is 16.3. The van der Waals surface area contributed by atoms with Crippen molar-refractivity contribution < 1.29 is 4.42 Å². The Morgan fingerprint density at radius 3 is 2.17 bits per heavy atom. The Balaban J connectivity index is 1.88. The molecule has 0 aliphatic rings. The highest BCUT2D eigenvalue weighted by Crippen LogP contribution is 2.24. The predicted octanol–water partition coefficient (Wildman–Crippen LogP) is 4.69. The van der Waals surface area contributed by atoms with Gasteiger partial charge in [-0.05, 0) is 79.4 Å². The maximum absolute atomic E-state index is 6.11. The van der Waals surface area contributed by atoms with Crippen molar-refractivity contribution in [2.75, 3.05) is 12.3 Å². The topological polar surface area (TPSA) is 103 Å². The Hall–Kier alpha value is -3.25. The minimum atomic E-state index is 0.0223. The van der Waals surface area contributed by atoms with Gasteiger partial charge in [0.25, 0.3) is 0 Å². The van der Waals surface area contributed by atoms with Gasteiger partial charge in [-0.1, -0.05) is 26.8 Å². The highest BCUT2D eigenvalue weighted by molar-refractivity contribution is 5.57. The number of hydrogen-bond donors (Lipinski definition) is 2. The van der Waals surface area contributed by atoms with E-state index in [1.54, 1.807) is 12.1 Å². The van der Waals surface area contributed by atoms with Gasteiger partial charge in [-0.2, -0.15) is 10.2 Å². The van der Waals surface area contributed by atoms with Crippen molar-refractivity contribution in [1.29, 1.82) is 0 Å². The third-order valence-corrected chi connectivity index (χ3v) is 4.91. The Labute approximate surface area is 177 Å². The van der Waals surface area contributed by atoms with Crippen LogP contribution in [0.4, 0.5) is 17.1 Å². The molecule has 30 heavy (non-hydrogen) atoms. The summed E-state index contributed by atoms with van der Waals surface area (Å²) in [6.07, 6.45) is 5.93. The van der Waals surface area contributed by atoms with Crippen molar-refractivity contribution in [2.24, 2.45) is 21.4 Å². The van der Waals surface area contributed by atoms with Gasteiger partial charge in [0.05, 0.1) is 11.4 Å². The lowest BCUT2D eigenvalue weighted by Crippen LogP contribution is -2.25. The van der Waals surface area contributed by atoms with Gasteiger partial charge in [-0.25, -0.2) is 4.98 Å². The van der Waals surface area contributed by atoms with Crippen LogP contribution >= 0.6 is 0 Å². The van der Waals surface area contributed by atoms with E-state index in [1.807, 2.05) is 42.5 Å². The number of oxazole rings is 1. The Bertz CT molecular complexity index is 1110. The van der Waals surface area contributed by atoms with Gasteiger partial charge in [0.15, 0.2) is 5.42 Å². The zero-order chi connectivity index (χ0) is 21.6. The van der Waals surface area contributed by atoms with Crippen molar-refractivity contribution in [3.8, 4) is 11.5 Å². The fourth-order valence-electron chi connectivity index (χ4n) is 2.72. The third-order valence-electron chi connectivity index (χ3n) is 4.91. The molecule has 0 fully saturated rings. The van der Waals surface area contributed by atoms with E-state index in [0.717, 1.165) is 40.5 Å². The van der Waals surface area contributed by atoms with E-state index in [2.05, 4.69) is 37.1 Å². The van der Waals surface area contributed by atoms with Gasteiger partial charge in [-0.15, -0.1) is 0 Å². The summed E-state index contributed by atoms with van der Waals surface area (Å²) < 4.78 is 6.11. The van der Waals surface area contributed by atoms with Crippen LogP contribution in [0, 0.1) is 5.41 Å².